The Balaban J connectivity index is 1.32. The maximum Gasteiger partial charge on any atom is 0.337 e. The van der Waals surface area contributed by atoms with Crippen molar-refractivity contribution in [3.8, 4) is 5.75 Å². The number of carboxylic acids is 1. The summed E-state index contributed by atoms with van der Waals surface area (Å²) in [4.78, 5) is 25.6. The lowest BCUT2D eigenvalue weighted by Gasteiger charge is -2.10. The van der Waals surface area contributed by atoms with Crippen molar-refractivity contribution >= 4 is 52.5 Å². The van der Waals surface area contributed by atoms with Crippen LogP contribution in [-0.2, 0) is 17.8 Å². The molecule has 37 heavy (non-hydrogen) atoms. The van der Waals surface area contributed by atoms with Crippen LogP contribution in [0.25, 0.3) is 0 Å². The molecule has 0 atom stereocenters. The molecule has 4 aromatic rings. The zero-order chi connectivity index (χ0) is 26.2. The molecule has 0 aliphatic rings. The number of aromatic carboxylic acids is 1. The van der Waals surface area contributed by atoms with E-state index in [0.717, 1.165) is 26.7 Å². The van der Waals surface area contributed by atoms with Gasteiger partial charge in [0.05, 0.1) is 10.6 Å². The van der Waals surface area contributed by atoms with Gasteiger partial charge >= 0.3 is 5.97 Å². The van der Waals surface area contributed by atoms with Gasteiger partial charge in [-0.25, -0.2) is 4.79 Å². The van der Waals surface area contributed by atoms with E-state index in [9.17, 15) is 14.7 Å². The zero-order valence-corrected chi connectivity index (χ0v) is 21.9. The molecule has 0 spiro atoms. The van der Waals surface area contributed by atoms with E-state index in [4.69, 9.17) is 27.9 Å². The molecule has 1 amide bonds. The fourth-order valence-electron chi connectivity index (χ4n) is 3.54. The average Bonchev–Trinajstić information content (AvgIpc) is 2.89. The van der Waals surface area contributed by atoms with E-state index in [-0.39, 0.29) is 22.9 Å². The molecule has 5 nitrogen and oxygen atoms in total. The second-order valence-electron chi connectivity index (χ2n) is 8.15. The van der Waals surface area contributed by atoms with Gasteiger partial charge in [0, 0.05) is 26.9 Å². The third-order valence-corrected chi connectivity index (χ3v) is 7.08. The second-order valence-corrected chi connectivity index (χ2v) is 10.1. The Hall–Kier alpha value is -3.45. The van der Waals surface area contributed by atoms with Crippen molar-refractivity contribution in [3.05, 3.63) is 118 Å². The smallest absolute Gasteiger partial charge is 0.337 e. The predicted molar refractivity (Wildman–Crippen MR) is 148 cm³/mol. The van der Waals surface area contributed by atoms with Crippen LogP contribution in [0.2, 0.25) is 10.0 Å². The summed E-state index contributed by atoms with van der Waals surface area (Å²) in [7, 11) is 0. The number of ether oxygens (including phenoxy) is 1. The highest BCUT2D eigenvalue weighted by atomic mass is 35.5. The Kier molecular flexibility index (Phi) is 9.12. The largest absolute Gasteiger partial charge is 0.489 e. The van der Waals surface area contributed by atoms with Gasteiger partial charge in [0.1, 0.15) is 12.4 Å². The molecule has 0 bridgehead atoms. The highest BCUT2D eigenvalue weighted by Gasteiger charge is 2.12. The molecule has 0 aromatic heterocycles. The van der Waals surface area contributed by atoms with Gasteiger partial charge in [0.2, 0.25) is 5.91 Å². The fourth-order valence-corrected chi connectivity index (χ4v) is 4.98. The van der Waals surface area contributed by atoms with E-state index in [0.29, 0.717) is 23.7 Å². The van der Waals surface area contributed by atoms with E-state index in [2.05, 4.69) is 5.32 Å². The van der Waals surface area contributed by atoms with Gasteiger partial charge in [-0.15, -0.1) is 0 Å². The Morgan fingerprint density at radius 1 is 0.838 bits per heavy atom. The number of amides is 1. The van der Waals surface area contributed by atoms with Gasteiger partial charge in [0.15, 0.2) is 0 Å². The van der Waals surface area contributed by atoms with Gasteiger partial charge in [0.25, 0.3) is 0 Å². The standard InChI is InChI=1S/C29H23Cl2NO4S/c30-26-13-11-21(15-25(26)29(34)35)32-28(33)14-10-20-9-12-24(17-27(20)31)37-23-8-4-7-22(16-23)36-18-19-5-2-1-3-6-19/h1-9,11-13,15-17H,10,14,18H2,(H,32,33)(H,34,35). The van der Waals surface area contributed by atoms with Gasteiger partial charge in [-0.05, 0) is 66.1 Å². The van der Waals surface area contributed by atoms with E-state index >= 15 is 0 Å². The van der Waals surface area contributed by atoms with E-state index in [1.165, 1.54) is 12.1 Å². The number of benzene rings is 4. The Morgan fingerprint density at radius 2 is 1.62 bits per heavy atom. The van der Waals surface area contributed by atoms with Crippen molar-refractivity contribution in [2.24, 2.45) is 0 Å². The van der Waals surface area contributed by atoms with Crippen LogP contribution >= 0.6 is 35.0 Å². The van der Waals surface area contributed by atoms with Crippen LogP contribution in [0.3, 0.4) is 0 Å². The zero-order valence-electron chi connectivity index (χ0n) is 19.6. The van der Waals surface area contributed by atoms with Crippen LogP contribution in [0.5, 0.6) is 5.75 Å². The molecule has 0 saturated carbocycles. The van der Waals surface area contributed by atoms with Crippen molar-refractivity contribution in [2.75, 3.05) is 5.32 Å². The maximum absolute atomic E-state index is 12.4. The molecule has 2 N–H and O–H groups in total. The monoisotopic (exact) mass is 551 g/mol. The van der Waals surface area contributed by atoms with E-state index < -0.39 is 5.97 Å². The summed E-state index contributed by atoms with van der Waals surface area (Å²) in [6, 6.07) is 28.0. The summed E-state index contributed by atoms with van der Waals surface area (Å²) >= 11 is 14.0. The first kappa shape index (κ1) is 26.6. The molecule has 188 valence electrons. The number of carbonyl (C=O) groups excluding carboxylic acids is 1. The van der Waals surface area contributed by atoms with Crippen LogP contribution in [0.1, 0.15) is 27.9 Å². The quantitative estimate of drug-likeness (QED) is 0.209. The van der Waals surface area contributed by atoms with Crippen molar-refractivity contribution in [2.45, 2.75) is 29.2 Å². The van der Waals surface area contributed by atoms with Crippen LogP contribution in [-0.4, -0.2) is 17.0 Å². The molecule has 4 rings (SSSR count). The number of hydrogen-bond acceptors (Lipinski definition) is 4. The highest BCUT2D eigenvalue weighted by Crippen LogP contribution is 2.33. The molecule has 0 aliphatic carbocycles. The normalized spacial score (nSPS) is 10.6. The molecular formula is C29H23Cl2NO4S. The van der Waals surface area contributed by atoms with Crippen molar-refractivity contribution in [3.63, 3.8) is 0 Å². The lowest BCUT2D eigenvalue weighted by molar-refractivity contribution is -0.116. The van der Waals surface area contributed by atoms with Gasteiger partial charge in [-0.3, -0.25) is 4.79 Å². The minimum Gasteiger partial charge on any atom is -0.489 e. The molecule has 8 heteroatoms. The first-order valence-electron chi connectivity index (χ1n) is 11.4. The number of carbonyl (C=O) groups is 2. The molecule has 0 unspecified atom stereocenters. The van der Waals surface area contributed by atoms with Gasteiger partial charge in [-0.2, -0.15) is 0 Å². The van der Waals surface area contributed by atoms with Crippen LogP contribution in [0, 0.1) is 0 Å². The summed E-state index contributed by atoms with van der Waals surface area (Å²) in [6.07, 6.45) is 0.635. The number of nitrogens with one attached hydrogen (secondary N) is 1. The van der Waals surface area contributed by atoms with Crippen LogP contribution in [0.4, 0.5) is 5.69 Å². The third kappa shape index (κ3) is 7.76. The minimum absolute atomic E-state index is 0.0658. The minimum atomic E-state index is -1.16. The molecule has 0 aliphatic heterocycles. The average molecular weight is 552 g/mol. The number of halogens is 2. The van der Waals surface area contributed by atoms with E-state index in [1.54, 1.807) is 17.8 Å². The number of carboxylic acid groups (broad SMARTS) is 1. The number of aryl methyl sites for hydroxylation is 1. The van der Waals surface area contributed by atoms with Gasteiger partial charge < -0.3 is 15.2 Å². The van der Waals surface area contributed by atoms with Crippen molar-refractivity contribution in [1.82, 2.24) is 0 Å². The first-order valence-corrected chi connectivity index (χ1v) is 13.0. The highest BCUT2D eigenvalue weighted by molar-refractivity contribution is 7.99. The molecule has 0 radical (unpaired) electrons. The Morgan fingerprint density at radius 3 is 2.38 bits per heavy atom. The lowest BCUT2D eigenvalue weighted by Crippen LogP contribution is -2.13. The van der Waals surface area contributed by atoms with Gasteiger partial charge in [-0.1, -0.05) is 77.4 Å². The summed E-state index contributed by atoms with van der Waals surface area (Å²) < 4.78 is 5.92. The molecule has 0 saturated heterocycles. The second kappa shape index (κ2) is 12.7. The Bertz CT molecular complexity index is 1410. The molecule has 0 heterocycles. The number of rotatable bonds is 10. The van der Waals surface area contributed by atoms with Crippen molar-refractivity contribution < 1.29 is 19.4 Å². The SMILES string of the molecule is O=C(CCc1ccc(Sc2cccc(OCc3ccccc3)c2)cc1Cl)Nc1ccc(Cl)c(C(=O)O)c1. The molecular weight excluding hydrogens is 529 g/mol. The summed E-state index contributed by atoms with van der Waals surface area (Å²) in [5.41, 5.74) is 2.27. The third-order valence-electron chi connectivity index (χ3n) is 5.42. The molecule has 0 fully saturated rings. The first-order chi connectivity index (χ1) is 17.9. The topological polar surface area (TPSA) is 75.6 Å². The number of anilines is 1. The fraction of sp³-hybridized carbons (Fsp3) is 0.103. The summed E-state index contributed by atoms with van der Waals surface area (Å²) in [5, 5.41) is 12.6. The maximum atomic E-state index is 12.4. The summed E-state index contributed by atoms with van der Waals surface area (Å²) in [6.45, 7) is 0.502. The lowest BCUT2D eigenvalue weighted by atomic mass is 10.1. The van der Waals surface area contributed by atoms with Crippen molar-refractivity contribution in [1.29, 1.82) is 0 Å². The Labute approximate surface area is 229 Å². The summed E-state index contributed by atoms with van der Waals surface area (Å²) in [5.74, 6) is -0.614. The van der Waals surface area contributed by atoms with Crippen LogP contribution < -0.4 is 10.1 Å². The molecule has 4 aromatic carbocycles. The number of hydrogen-bond donors (Lipinski definition) is 2. The van der Waals surface area contributed by atoms with E-state index in [1.807, 2.05) is 72.8 Å². The predicted octanol–water partition coefficient (Wildman–Crippen LogP) is 7.99. The van der Waals surface area contributed by atoms with Crippen LogP contribution in [0.15, 0.2) is 101 Å².